The van der Waals surface area contributed by atoms with Crippen molar-refractivity contribution < 1.29 is 27.0 Å². The average molecular weight is 298 g/mol. The van der Waals surface area contributed by atoms with Gasteiger partial charge in [0.05, 0.1) is 18.4 Å². The lowest BCUT2D eigenvalue weighted by Gasteiger charge is -2.16. The molecule has 0 bridgehead atoms. The number of rotatable bonds is 3. The molecule has 0 radical (unpaired) electrons. The summed E-state index contributed by atoms with van der Waals surface area (Å²) in [5, 5.41) is 10.4. The lowest BCUT2D eigenvalue weighted by molar-refractivity contribution is -0.671. The van der Waals surface area contributed by atoms with Gasteiger partial charge in [0.1, 0.15) is 12.4 Å². The summed E-state index contributed by atoms with van der Waals surface area (Å²) in [7, 11) is 1.84. The van der Waals surface area contributed by atoms with Gasteiger partial charge in [-0.25, -0.2) is 9.13 Å². The number of halogens is 1. The second-order valence-electron chi connectivity index (χ2n) is 4.28. The zero-order valence-electron chi connectivity index (χ0n) is 10.9. The number of nitrogens with two attached hydrogens (primary N) is 2. The van der Waals surface area contributed by atoms with E-state index in [1.165, 1.54) is 12.1 Å². The maximum absolute atomic E-state index is 11.9. The Hall–Kier alpha value is -2.25. The quantitative estimate of drug-likeness (QED) is 0.242. The Labute approximate surface area is 122 Å². The zero-order valence-corrected chi connectivity index (χ0v) is 11.7. The molecule has 2 rings (SSSR count). The minimum Gasteiger partial charge on any atom is -1.00 e. The van der Waals surface area contributed by atoms with Gasteiger partial charge >= 0.3 is 0 Å². The van der Waals surface area contributed by atoms with E-state index in [0.29, 0.717) is 10.8 Å². The average Bonchev–Trinajstić information content (AvgIpc) is 2.74. The summed E-state index contributed by atoms with van der Waals surface area (Å²) in [5.74, 6) is -0.493. The predicted molar refractivity (Wildman–Crippen MR) is 70.1 cm³/mol. The van der Waals surface area contributed by atoms with E-state index in [1.54, 1.807) is 33.9 Å². The zero-order chi connectivity index (χ0) is 14.0. The number of anilines is 3. The summed E-state index contributed by atoms with van der Waals surface area (Å²) < 4.78 is 3.45. The Morgan fingerprint density at radius 3 is 2.70 bits per heavy atom. The third-order valence-electron chi connectivity index (χ3n) is 2.66. The largest absolute Gasteiger partial charge is 1.00 e. The Balaban J connectivity index is 0.00000200. The summed E-state index contributed by atoms with van der Waals surface area (Å²) in [6, 6.07) is 4.55. The standard InChI is InChI=1S/C12H16N5O2.ClH/c1-15-4-5-16(8-15)7-12(18)17(19)11-3-2-9(13)6-10(11)14;/h2-6,8,19H,7,13-14H2,1H3;1H/q+1;/p-1. The highest BCUT2D eigenvalue weighted by Gasteiger charge is 2.18. The molecule has 0 saturated carbocycles. The topological polar surface area (TPSA) is 101 Å². The van der Waals surface area contributed by atoms with Crippen molar-refractivity contribution in [1.82, 2.24) is 4.57 Å². The van der Waals surface area contributed by atoms with E-state index in [2.05, 4.69) is 0 Å². The first-order valence-electron chi connectivity index (χ1n) is 5.65. The van der Waals surface area contributed by atoms with Crippen LogP contribution in [0.4, 0.5) is 17.1 Å². The highest BCUT2D eigenvalue weighted by Crippen LogP contribution is 2.24. The SMILES string of the molecule is C[n+]1ccn(CC(=O)N(O)c2ccc(N)cc2N)c1.[Cl-]. The molecule has 2 aromatic rings. The maximum atomic E-state index is 11.9. The van der Waals surface area contributed by atoms with Crippen molar-refractivity contribution in [3.8, 4) is 0 Å². The van der Waals surface area contributed by atoms with Crippen LogP contribution in [0.3, 0.4) is 0 Å². The molecule has 0 aliphatic heterocycles. The molecule has 5 N–H and O–H groups in total. The highest BCUT2D eigenvalue weighted by molar-refractivity contribution is 5.94. The van der Waals surface area contributed by atoms with Crippen molar-refractivity contribution >= 4 is 23.0 Å². The monoisotopic (exact) mass is 297 g/mol. The molecule has 0 aliphatic rings. The summed E-state index contributed by atoms with van der Waals surface area (Å²) >= 11 is 0. The summed E-state index contributed by atoms with van der Waals surface area (Å²) in [5.41, 5.74) is 12.2. The van der Waals surface area contributed by atoms with Crippen LogP contribution in [0, 0.1) is 0 Å². The van der Waals surface area contributed by atoms with Gasteiger partial charge in [0.2, 0.25) is 6.33 Å². The van der Waals surface area contributed by atoms with Crippen LogP contribution in [0.5, 0.6) is 0 Å². The van der Waals surface area contributed by atoms with E-state index < -0.39 is 5.91 Å². The number of aromatic nitrogens is 2. The van der Waals surface area contributed by atoms with Crippen LogP contribution < -0.4 is 33.5 Å². The van der Waals surface area contributed by atoms with Crippen molar-refractivity contribution in [3.63, 3.8) is 0 Å². The van der Waals surface area contributed by atoms with Gasteiger partial charge in [-0.05, 0) is 18.2 Å². The van der Waals surface area contributed by atoms with E-state index in [1.807, 2.05) is 7.05 Å². The molecule has 7 nitrogen and oxygen atoms in total. The Kier molecular flexibility index (Phi) is 4.95. The van der Waals surface area contributed by atoms with Gasteiger partial charge in [-0.2, -0.15) is 5.06 Å². The molecule has 1 aromatic carbocycles. The van der Waals surface area contributed by atoms with Crippen molar-refractivity contribution in [2.75, 3.05) is 16.5 Å². The number of carbonyl (C=O) groups excluding carboxylic acids is 1. The van der Waals surface area contributed by atoms with Gasteiger partial charge in [0, 0.05) is 5.69 Å². The van der Waals surface area contributed by atoms with Crippen LogP contribution in [0.25, 0.3) is 0 Å². The first-order valence-corrected chi connectivity index (χ1v) is 5.65. The molecular formula is C12H16ClN5O2. The number of amides is 1. The molecule has 108 valence electrons. The van der Waals surface area contributed by atoms with Crippen LogP contribution in [0.2, 0.25) is 0 Å². The second kappa shape index (κ2) is 6.27. The van der Waals surface area contributed by atoms with Gasteiger partial charge in [0.25, 0.3) is 5.91 Å². The third kappa shape index (κ3) is 3.40. The van der Waals surface area contributed by atoms with Crippen molar-refractivity contribution in [2.45, 2.75) is 6.54 Å². The van der Waals surface area contributed by atoms with Crippen LogP contribution in [0.1, 0.15) is 0 Å². The minimum atomic E-state index is -0.493. The Morgan fingerprint density at radius 1 is 1.45 bits per heavy atom. The first kappa shape index (κ1) is 15.8. The van der Waals surface area contributed by atoms with Gasteiger partial charge in [0.15, 0.2) is 6.54 Å². The molecule has 0 fully saturated rings. The fourth-order valence-corrected chi connectivity index (χ4v) is 1.72. The lowest BCUT2D eigenvalue weighted by atomic mass is 10.2. The number of carbonyl (C=O) groups is 1. The number of hydrogen-bond donors (Lipinski definition) is 3. The Bertz CT molecular complexity index is 614. The third-order valence-corrected chi connectivity index (χ3v) is 2.66. The molecule has 0 saturated heterocycles. The molecule has 0 aliphatic carbocycles. The van der Waals surface area contributed by atoms with Gasteiger partial charge in [-0.15, -0.1) is 0 Å². The van der Waals surface area contributed by atoms with E-state index in [9.17, 15) is 10.0 Å². The van der Waals surface area contributed by atoms with Gasteiger partial charge in [-0.3, -0.25) is 10.0 Å². The van der Waals surface area contributed by atoms with Crippen LogP contribution in [-0.2, 0) is 18.4 Å². The maximum Gasteiger partial charge on any atom is 0.292 e. The van der Waals surface area contributed by atoms with E-state index in [0.717, 1.165) is 0 Å². The number of imidazole rings is 1. The number of hydrogen-bond acceptors (Lipinski definition) is 4. The minimum absolute atomic E-state index is 0. The van der Waals surface area contributed by atoms with Crippen LogP contribution in [0.15, 0.2) is 36.9 Å². The fraction of sp³-hybridized carbons (Fsp3) is 0.167. The second-order valence-corrected chi connectivity index (χ2v) is 4.28. The normalized spacial score (nSPS) is 9.90. The smallest absolute Gasteiger partial charge is 0.292 e. The molecule has 0 unspecified atom stereocenters. The predicted octanol–water partition coefficient (Wildman–Crippen LogP) is -3.10. The van der Waals surface area contributed by atoms with Crippen molar-refractivity contribution in [2.24, 2.45) is 7.05 Å². The molecular weight excluding hydrogens is 282 g/mol. The number of nitrogens with zero attached hydrogens (tertiary/aromatic N) is 3. The first-order chi connectivity index (χ1) is 8.97. The van der Waals surface area contributed by atoms with Gasteiger partial charge in [-0.1, -0.05) is 0 Å². The summed E-state index contributed by atoms with van der Waals surface area (Å²) in [6.45, 7) is 0.0150. The molecule has 8 heteroatoms. The number of nitrogen functional groups attached to an aromatic ring is 2. The summed E-state index contributed by atoms with van der Waals surface area (Å²) in [6.07, 6.45) is 5.27. The van der Waals surface area contributed by atoms with E-state index in [-0.39, 0.29) is 30.3 Å². The molecule has 1 aromatic heterocycles. The molecule has 20 heavy (non-hydrogen) atoms. The number of aryl methyl sites for hydroxylation is 1. The molecule has 1 heterocycles. The Morgan fingerprint density at radius 2 is 2.15 bits per heavy atom. The van der Waals surface area contributed by atoms with Crippen LogP contribution >= 0.6 is 0 Å². The highest BCUT2D eigenvalue weighted by atomic mass is 35.5. The number of hydroxylamine groups is 1. The fourth-order valence-electron chi connectivity index (χ4n) is 1.72. The summed E-state index contributed by atoms with van der Waals surface area (Å²) in [4.78, 5) is 11.9. The van der Waals surface area contributed by atoms with Crippen molar-refractivity contribution in [1.29, 1.82) is 0 Å². The van der Waals surface area contributed by atoms with E-state index in [4.69, 9.17) is 11.5 Å². The van der Waals surface area contributed by atoms with Crippen molar-refractivity contribution in [3.05, 3.63) is 36.9 Å². The molecule has 0 atom stereocenters. The molecule has 0 spiro atoms. The lowest BCUT2D eigenvalue weighted by Crippen LogP contribution is -3.00. The van der Waals surface area contributed by atoms with Gasteiger partial charge < -0.3 is 23.9 Å². The number of benzene rings is 1. The molecule has 1 amide bonds. The van der Waals surface area contributed by atoms with Crippen LogP contribution in [-0.4, -0.2) is 15.7 Å². The van der Waals surface area contributed by atoms with E-state index >= 15 is 0 Å².